The average molecular weight is 1230 g/mol. The number of aromatic nitrogens is 8. The average Bonchev–Trinajstić information content (AvgIpc) is 0.679. The van der Waals surface area contributed by atoms with Crippen molar-refractivity contribution in [3.63, 3.8) is 0 Å². The van der Waals surface area contributed by atoms with E-state index in [-0.39, 0.29) is 38.6 Å². The molecule has 8 heterocycles. The lowest BCUT2D eigenvalue weighted by atomic mass is 9.90. The van der Waals surface area contributed by atoms with E-state index in [1.165, 1.54) is 26.1 Å². The Labute approximate surface area is 542 Å². The number of fused-ring (bicyclic) bond motifs is 4. The van der Waals surface area contributed by atoms with E-state index in [0.29, 0.717) is 13.7 Å². The summed E-state index contributed by atoms with van der Waals surface area (Å²) >= 11 is 0. The minimum atomic E-state index is -3.80. The molecule has 1 unspecified atom stereocenters. The molecular weight excluding hydrogens is 1140 g/mol. The van der Waals surface area contributed by atoms with Crippen molar-refractivity contribution in [1.82, 2.24) is 59.5 Å². The van der Waals surface area contributed by atoms with Crippen molar-refractivity contribution in [2.24, 2.45) is 0 Å². The smallest absolute Gasteiger partial charge is 0.264 e. The van der Waals surface area contributed by atoms with Gasteiger partial charge in [-0.1, -0.05) is 24.2 Å². The first kappa shape index (κ1) is 33.2. The number of rotatable bonds is 4. The molecule has 0 aliphatic carbocycles. The molecule has 28 heteroatoms. The van der Waals surface area contributed by atoms with Gasteiger partial charge in [0, 0.05) is 74.3 Å². The van der Waals surface area contributed by atoms with E-state index < -0.39 is 278 Å². The molecule has 0 saturated carbocycles. The van der Waals surface area contributed by atoms with Crippen LogP contribution in [0.15, 0.2) is 91.7 Å². The molecule has 0 radical (unpaired) electrons. The summed E-state index contributed by atoms with van der Waals surface area (Å²) in [5.74, 6) is -13.2. The van der Waals surface area contributed by atoms with E-state index in [0.717, 1.165) is 27.7 Å². The lowest BCUT2D eigenvalue weighted by molar-refractivity contribution is -0.141. The summed E-state index contributed by atoms with van der Waals surface area (Å²) in [6.07, 6.45) is -26.4. The molecule has 456 valence electrons. The summed E-state index contributed by atoms with van der Waals surface area (Å²) in [6.45, 7) is 3.82. The SMILES string of the molecule is [2H]c1c([2H])c(N)c2c(=O)n(C3(C)C(=O)NC(=O)C([2H])([2H])C3([2H])[2H])c(C)nc2c1[2H].[2H]c1c([2H])c(N)c2c(=O)n([C@@]3(C([2H])([2H])[2H])C(=O)NC(=O)C([2H])([2H])C3([2H])[2H])c(C)nc2c1[2H].[2H]c1c([2H])c(N)c2c(=O)n([C@@]3(C)C(=O)NC(=O)C([2H])([2H])C3([2H])[2H])c(C)nc2c1[2H].[2H]c1c([2H])c(N)c2c(=O)n([C@]3(C)C(=O)NC(=O)C([2H])([2H])C3([2H])[2H])c(C)nc2c1[2H]. The zero-order chi connectivity index (χ0) is 91.6. The van der Waals surface area contributed by atoms with Gasteiger partial charge in [-0.25, -0.2) is 19.9 Å². The van der Waals surface area contributed by atoms with Gasteiger partial charge in [0.2, 0.25) is 23.6 Å². The number of hydrogen-bond donors (Lipinski definition) is 8. The first-order valence-corrected chi connectivity index (χ1v) is 24.8. The van der Waals surface area contributed by atoms with Crippen molar-refractivity contribution in [2.45, 2.75) is 128 Å². The maximum atomic E-state index is 13.5. The fourth-order valence-corrected chi connectivity index (χ4v) is 9.23. The molecular formula is C60H64N16O12. The Morgan fingerprint density at radius 2 is 0.591 bits per heavy atom. The maximum absolute atomic E-state index is 13.5. The van der Waals surface area contributed by atoms with Gasteiger partial charge in [-0.05, 0) is 129 Å². The van der Waals surface area contributed by atoms with Crippen molar-refractivity contribution in [3.8, 4) is 0 Å². The van der Waals surface area contributed by atoms with E-state index in [1.807, 2.05) is 0 Å². The zero-order valence-corrected chi connectivity index (χ0v) is 46.3. The predicted octanol–water partition coefficient (Wildman–Crippen LogP) is 1.76. The minimum Gasteiger partial charge on any atom is -0.398 e. The van der Waals surface area contributed by atoms with Crippen LogP contribution in [-0.2, 0) is 60.5 Å². The van der Waals surface area contributed by atoms with Crippen LogP contribution in [0.2, 0.25) is 0 Å². The second kappa shape index (κ2) is 22.9. The van der Waals surface area contributed by atoms with E-state index in [2.05, 4.69) is 19.9 Å². The highest BCUT2D eigenvalue weighted by atomic mass is 16.2. The summed E-state index contributed by atoms with van der Waals surface area (Å²) in [5.41, 5.74) is 3.61. The zero-order valence-electron chi connectivity index (χ0n) is 77.3. The first-order valence-electron chi connectivity index (χ1n) is 40.3. The quantitative estimate of drug-likeness (QED) is 0.0919. The normalized spacial score (nSPS) is 31.7. The number of aryl methyl sites for hydroxylation is 4. The van der Waals surface area contributed by atoms with Crippen LogP contribution in [0.4, 0.5) is 22.7 Å². The van der Waals surface area contributed by atoms with Crippen molar-refractivity contribution in [1.29, 1.82) is 0 Å². The molecule has 0 bridgehead atoms. The summed E-state index contributed by atoms with van der Waals surface area (Å²) in [4.78, 5) is 168. The molecule has 12 rings (SSSR count). The molecule has 0 spiro atoms. The number of nitrogens with zero attached hydrogens (tertiary/aromatic N) is 8. The van der Waals surface area contributed by atoms with Gasteiger partial charge in [0.25, 0.3) is 45.9 Å². The van der Waals surface area contributed by atoms with Crippen LogP contribution in [-0.4, -0.2) is 85.5 Å². The van der Waals surface area contributed by atoms with Crippen LogP contribution in [0, 0.1) is 27.7 Å². The number of carbonyl (C=O) groups excluding carboxylic acids is 8. The molecule has 8 amide bonds. The Morgan fingerprint density at radius 3 is 0.818 bits per heavy atom. The third kappa shape index (κ3) is 10.6. The van der Waals surface area contributed by atoms with Crippen molar-refractivity contribution in [3.05, 3.63) is 137 Å². The van der Waals surface area contributed by atoms with Gasteiger partial charge in [-0.2, -0.15) is 0 Å². The lowest BCUT2D eigenvalue weighted by Crippen LogP contribution is -2.56. The molecule has 4 aliphatic rings. The number of carbonyl (C=O) groups is 8. The number of imide groups is 4. The minimum absolute atomic E-state index is 0.0980. The second-order valence-electron chi connectivity index (χ2n) is 19.3. The van der Waals surface area contributed by atoms with Gasteiger partial charge in [-0.15, -0.1) is 0 Å². The Kier molecular flexibility index (Phi) is 8.64. The van der Waals surface area contributed by atoms with Crippen molar-refractivity contribution >= 4 is 114 Å². The number of piperidine rings is 4. The number of hydrogen-bond acceptors (Lipinski definition) is 20. The summed E-state index contributed by atoms with van der Waals surface area (Å²) in [7, 11) is 0. The highest BCUT2D eigenvalue weighted by Gasteiger charge is 2.46. The fraction of sp³-hybridized carbons (Fsp3) is 0.333. The maximum Gasteiger partial charge on any atom is 0.264 e. The fourth-order valence-electron chi connectivity index (χ4n) is 9.23. The molecule has 4 fully saturated rings. The van der Waals surface area contributed by atoms with Crippen molar-refractivity contribution < 1.29 is 80.8 Å². The van der Waals surface area contributed by atoms with Gasteiger partial charge >= 0.3 is 0 Å². The number of nitrogen functional groups attached to an aromatic ring is 4. The van der Waals surface area contributed by atoms with Crippen LogP contribution in [0.25, 0.3) is 43.6 Å². The highest BCUT2D eigenvalue weighted by Crippen LogP contribution is 2.32. The topological polar surface area (TPSA) is 428 Å². The van der Waals surface area contributed by atoms with Crippen molar-refractivity contribution in [2.75, 3.05) is 22.9 Å². The standard InChI is InChI=1S/4C15H16N4O3/c4*1-8-17-10-5-3-4-9(16)12(10)13(21)19(8)15(2)7-6-11(20)18-14(15)22/h4*3-5H,6-7,16H2,1-2H3,(H,18,20,22)/t3*15-;/m110./s1/i2D3,3D,4D,5D,6D2,7D2;3*3D,4D,5D,6D2,7D2. The lowest BCUT2D eigenvalue weighted by Gasteiger charge is -2.34. The molecule has 8 aromatic rings. The van der Waals surface area contributed by atoms with Crippen LogP contribution in [0.5, 0.6) is 0 Å². The summed E-state index contributed by atoms with van der Waals surface area (Å²) < 4.78 is 249. The highest BCUT2D eigenvalue weighted by molar-refractivity contribution is 6.04. The van der Waals surface area contributed by atoms with Crippen LogP contribution in [0.1, 0.15) is 144 Å². The summed E-state index contributed by atoms with van der Waals surface area (Å²) in [6, 6.07) is -7.23. The molecule has 12 N–H and O–H groups in total. The Morgan fingerprint density at radius 1 is 0.386 bits per heavy atom. The number of nitrogens with two attached hydrogens (primary N) is 4. The first-order chi connectivity index (χ1) is 53.7. The molecule has 28 nitrogen and oxygen atoms in total. The number of nitrogens with one attached hydrogen (secondary N) is 4. The van der Waals surface area contributed by atoms with E-state index in [1.54, 1.807) is 16.0 Å². The van der Waals surface area contributed by atoms with Gasteiger partial charge < -0.3 is 22.9 Å². The van der Waals surface area contributed by atoms with Gasteiger partial charge in [0.1, 0.15) is 45.5 Å². The molecule has 4 atom stereocenters. The number of benzene rings is 4. The van der Waals surface area contributed by atoms with Crippen LogP contribution >= 0.6 is 0 Å². The second-order valence-corrected chi connectivity index (χ2v) is 19.3. The van der Waals surface area contributed by atoms with Crippen LogP contribution in [0.3, 0.4) is 0 Å². The van der Waals surface area contributed by atoms with E-state index >= 15 is 0 Å². The van der Waals surface area contributed by atoms with E-state index in [4.69, 9.17) is 65.4 Å². The van der Waals surface area contributed by atoms with E-state index in [9.17, 15) is 57.5 Å². The number of anilines is 4. The third-order valence-electron chi connectivity index (χ3n) is 13.4. The Bertz CT molecular complexity index is 5860. The summed E-state index contributed by atoms with van der Waals surface area (Å²) in [5, 5.41) is 4.61. The van der Waals surface area contributed by atoms with Gasteiger partial charge in [0.05, 0.1) is 60.1 Å². The monoisotopic (exact) mass is 1230 g/mol. The Balaban J connectivity index is 0.000000181. The predicted molar refractivity (Wildman–Crippen MR) is 325 cm³/mol. The van der Waals surface area contributed by atoms with Crippen LogP contribution < -0.4 is 66.4 Å². The third-order valence-corrected chi connectivity index (χ3v) is 13.4. The largest absolute Gasteiger partial charge is 0.398 e. The molecule has 4 saturated heterocycles. The molecule has 4 aliphatic heterocycles. The molecule has 4 aromatic heterocycles. The Hall–Kier alpha value is -10.8. The van der Waals surface area contributed by atoms with Gasteiger partial charge in [-0.3, -0.25) is 97.1 Å². The van der Waals surface area contributed by atoms with Gasteiger partial charge in [0.15, 0.2) is 0 Å². The molecule has 4 aromatic carbocycles. The molecule has 88 heavy (non-hydrogen) atoms. The number of amides is 8.